The van der Waals surface area contributed by atoms with Crippen LogP contribution in [0.5, 0.6) is 0 Å². The van der Waals surface area contributed by atoms with E-state index in [0.29, 0.717) is 6.54 Å². The van der Waals surface area contributed by atoms with Crippen molar-refractivity contribution >= 4 is 5.91 Å². The summed E-state index contributed by atoms with van der Waals surface area (Å²) in [7, 11) is 0. The molecule has 0 fully saturated rings. The minimum atomic E-state index is -0.492. The van der Waals surface area contributed by atoms with Gasteiger partial charge in [0.2, 0.25) is 5.91 Å². The molecule has 1 aromatic carbocycles. The van der Waals surface area contributed by atoms with Crippen LogP contribution in [0.1, 0.15) is 12.5 Å². The van der Waals surface area contributed by atoms with E-state index in [-0.39, 0.29) is 5.91 Å². The van der Waals surface area contributed by atoms with Gasteiger partial charge in [-0.2, -0.15) is 5.10 Å². The second-order valence-electron chi connectivity index (χ2n) is 4.14. The Morgan fingerprint density at radius 3 is 2.83 bits per heavy atom. The Morgan fingerprint density at radius 2 is 2.17 bits per heavy atom. The van der Waals surface area contributed by atoms with Gasteiger partial charge in [-0.05, 0) is 19.1 Å². The Bertz CT molecular complexity index is 519. The monoisotopic (exact) mass is 244 g/mol. The van der Waals surface area contributed by atoms with E-state index in [1.807, 2.05) is 36.5 Å². The van der Waals surface area contributed by atoms with Crippen LogP contribution in [-0.2, 0) is 11.3 Å². The van der Waals surface area contributed by atoms with E-state index in [4.69, 9.17) is 5.73 Å². The number of aromatic nitrogens is 2. The summed E-state index contributed by atoms with van der Waals surface area (Å²) in [6, 6.07) is 9.31. The molecule has 0 aliphatic rings. The number of hydrogen-bond donors (Lipinski definition) is 2. The molecule has 0 bridgehead atoms. The number of hydrogen-bond acceptors (Lipinski definition) is 3. The molecule has 5 nitrogen and oxygen atoms in total. The van der Waals surface area contributed by atoms with Gasteiger partial charge in [-0.25, -0.2) is 4.68 Å². The zero-order chi connectivity index (χ0) is 13.0. The number of carbonyl (C=O) groups excluding carboxylic acids is 1. The number of nitrogens with two attached hydrogens (primary N) is 1. The lowest BCUT2D eigenvalue weighted by Crippen LogP contribution is -2.37. The van der Waals surface area contributed by atoms with Crippen LogP contribution in [-0.4, -0.2) is 21.7 Å². The summed E-state index contributed by atoms with van der Waals surface area (Å²) >= 11 is 0. The minimum Gasteiger partial charge on any atom is -0.351 e. The number of rotatable bonds is 4. The first-order valence-corrected chi connectivity index (χ1v) is 5.79. The fraction of sp³-hybridized carbons (Fsp3) is 0.231. The molecular formula is C13H16N4O. The lowest BCUT2D eigenvalue weighted by molar-refractivity contribution is -0.122. The number of nitrogens with zero attached hydrogens (tertiary/aromatic N) is 2. The van der Waals surface area contributed by atoms with Gasteiger partial charge in [-0.1, -0.05) is 18.2 Å². The van der Waals surface area contributed by atoms with Crippen LogP contribution in [0.2, 0.25) is 0 Å². The second kappa shape index (κ2) is 5.46. The van der Waals surface area contributed by atoms with E-state index in [0.717, 1.165) is 11.3 Å². The average Bonchev–Trinajstić information content (AvgIpc) is 2.85. The van der Waals surface area contributed by atoms with Crippen LogP contribution in [0.3, 0.4) is 0 Å². The molecule has 0 radical (unpaired) electrons. The maximum atomic E-state index is 11.3. The molecule has 0 aliphatic carbocycles. The lowest BCUT2D eigenvalue weighted by atomic mass is 10.3. The second-order valence-corrected chi connectivity index (χ2v) is 4.14. The number of amides is 1. The smallest absolute Gasteiger partial charge is 0.236 e. The van der Waals surface area contributed by atoms with Gasteiger partial charge in [0.1, 0.15) is 0 Å². The number of nitrogens with one attached hydrogen (secondary N) is 1. The summed E-state index contributed by atoms with van der Waals surface area (Å²) < 4.78 is 1.77. The summed E-state index contributed by atoms with van der Waals surface area (Å²) in [4.78, 5) is 11.3. The highest BCUT2D eigenvalue weighted by molar-refractivity contribution is 5.80. The lowest BCUT2D eigenvalue weighted by Gasteiger charge is -2.05. The van der Waals surface area contributed by atoms with Crippen LogP contribution in [0.15, 0.2) is 42.7 Å². The highest BCUT2D eigenvalue weighted by atomic mass is 16.2. The molecule has 5 heteroatoms. The van der Waals surface area contributed by atoms with E-state index in [1.165, 1.54) is 0 Å². The Kier molecular flexibility index (Phi) is 3.74. The first-order valence-electron chi connectivity index (χ1n) is 5.79. The first kappa shape index (κ1) is 12.3. The van der Waals surface area contributed by atoms with Crippen LogP contribution >= 0.6 is 0 Å². The van der Waals surface area contributed by atoms with E-state index >= 15 is 0 Å². The van der Waals surface area contributed by atoms with Crippen molar-refractivity contribution in [3.63, 3.8) is 0 Å². The predicted octanol–water partition coefficient (Wildman–Crippen LogP) is 0.836. The summed E-state index contributed by atoms with van der Waals surface area (Å²) in [6.07, 6.45) is 3.62. The third-order valence-electron chi connectivity index (χ3n) is 2.54. The van der Waals surface area contributed by atoms with Crippen LogP contribution in [0.4, 0.5) is 0 Å². The van der Waals surface area contributed by atoms with Gasteiger partial charge in [0.25, 0.3) is 0 Å². The van der Waals surface area contributed by atoms with Crippen molar-refractivity contribution < 1.29 is 4.79 Å². The maximum absolute atomic E-state index is 11.3. The Morgan fingerprint density at radius 1 is 1.44 bits per heavy atom. The molecule has 1 atom stereocenters. The Balaban J connectivity index is 2.01. The predicted molar refractivity (Wildman–Crippen MR) is 69.1 cm³/mol. The maximum Gasteiger partial charge on any atom is 0.236 e. The van der Waals surface area contributed by atoms with Gasteiger partial charge in [0.05, 0.1) is 17.9 Å². The molecule has 1 heterocycles. The minimum absolute atomic E-state index is 0.164. The van der Waals surface area contributed by atoms with Gasteiger partial charge in [-0.15, -0.1) is 0 Å². The summed E-state index contributed by atoms with van der Waals surface area (Å²) in [5, 5.41) is 6.99. The number of para-hydroxylation sites is 1. The van der Waals surface area contributed by atoms with Crippen molar-refractivity contribution in [3.8, 4) is 5.69 Å². The third kappa shape index (κ3) is 2.95. The zero-order valence-electron chi connectivity index (χ0n) is 10.2. The summed E-state index contributed by atoms with van der Waals surface area (Å²) in [5.41, 5.74) is 7.39. The van der Waals surface area contributed by atoms with Gasteiger partial charge in [0, 0.05) is 18.3 Å². The van der Waals surface area contributed by atoms with Crippen LogP contribution in [0, 0.1) is 0 Å². The molecule has 18 heavy (non-hydrogen) atoms. The Labute approximate surface area is 106 Å². The highest BCUT2D eigenvalue weighted by Crippen LogP contribution is 2.07. The molecule has 1 unspecified atom stereocenters. The van der Waals surface area contributed by atoms with Gasteiger partial charge < -0.3 is 11.1 Å². The van der Waals surface area contributed by atoms with Gasteiger partial charge >= 0.3 is 0 Å². The number of benzene rings is 1. The van der Waals surface area contributed by atoms with Gasteiger partial charge in [0.15, 0.2) is 0 Å². The van der Waals surface area contributed by atoms with Crippen molar-refractivity contribution in [1.82, 2.24) is 15.1 Å². The molecule has 0 aliphatic heterocycles. The van der Waals surface area contributed by atoms with Gasteiger partial charge in [-0.3, -0.25) is 4.79 Å². The van der Waals surface area contributed by atoms with Crippen molar-refractivity contribution in [2.45, 2.75) is 19.5 Å². The van der Waals surface area contributed by atoms with Crippen molar-refractivity contribution in [1.29, 1.82) is 0 Å². The zero-order valence-corrected chi connectivity index (χ0v) is 10.2. The van der Waals surface area contributed by atoms with Crippen molar-refractivity contribution in [2.75, 3.05) is 0 Å². The third-order valence-corrected chi connectivity index (χ3v) is 2.54. The normalized spacial score (nSPS) is 12.1. The van der Waals surface area contributed by atoms with Crippen LogP contribution in [0.25, 0.3) is 5.69 Å². The van der Waals surface area contributed by atoms with E-state index < -0.39 is 6.04 Å². The van der Waals surface area contributed by atoms with E-state index in [9.17, 15) is 4.79 Å². The molecule has 0 spiro atoms. The summed E-state index contributed by atoms with van der Waals surface area (Å²) in [5.74, 6) is -0.164. The fourth-order valence-corrected chi connectivity index (χ4v) is 1.52. The largest absolute Gasteiger partial charge is 0.351 e. The molecule has 0 saturated heterocycles. The first-order chi connectivity index (χ1) is 8.66. The standard InChI is InChI=1S/C13H16N4O/c1-10(14)13(18)15-7-11-8-16-17(9-11)12-5-3-2-4-6-12/h2-6,8-10H,7,14H2,1H3,(H,15,18). The molecule has 2 aromatic rings. The molecule has 1 amide bonds. The summed E-state index contributed by atoms with van der Waals surface area (Å²) in [6.45, 7) is 2.09. The van der Waals surface area contributed by atoms with E-state index in [1.54, 1.807) is 17.8 Å². The molecule has 3 N–H and O–H groups in total. The molecule has 2 rings (SSSR count). The van der Waals surface area contributed by atoms with Crippen molar-refractivity contribution in [2.24, 2.45) is 5.73 Å². The molecule has 1 aromatic heterocycles. The van der Waals surface area contributed by atoms with Crippen molar-refractivity contribution in [3.05, 3.63) is 48.3 Å². The topological polar surface area (TPSA) is 72.9 Å². The molecule has 94 valence electrons. The number of carbonyl (C=O) groups is 1. The highest BCUT2D eigenvalue weighted by Gasteiger charge is 2.07. The molecular weight excluding hydrogens is 228 g/mol. The molecule has 0 saturated carbocycles. The Hall–Kier alpha value is -2.14. The van der Waals surface area contributed by atoms with Crippen LogP contribution < -0.4 is 11.1 Å². The average molecular weight is 244 g/mol. The fourth-order valence-electron chi connectivity index (χ4n) is 1.52. The van der Waals surface area contributed by atoms with E-state index in [2.05, 4.69) is 10.4 Å². The quantitative estimate of drug-likeness (QED) is 0.837. The SMILES string of the molecule is CC(N)C(=O)NCc1cnn(-c2ccccc2)c1.